The summed E-state index contributed by atoms with van der Waals surface area (Å²) in [6.45, 7) is 0.543. The zero-order chi connectivity index (χ0) is 18.8. The lowest BCUT2D eigenvalue weighted by atomic mass is 10.0. The van der Waals surface area contributed by atoms with Crippen LogP contribution >= 0.6 is 0 Å². The Balaban J connectivity index is 2.19. The first-order chi connectivity index (χ1) is 12.4. The number of hydrogen-bond acceptors (Lipinski definition) is 5. The number of nitrogens with one attached hydrogen (secondary N) is 1. The summed E-state index contributed by atoms with van der Waals surface area (Å²) in [4.78, 5) is 13.7. The van der Waals surface area contributed by atoms with Gasteiger partial charge in [-0.3, -0.25) is 0 Å². The molecular weight excluding hydrogens is 334 g/mol. The Morgan fingerprint density at radius 3 is 2.42 bits per heavy atom. The molecule has 0 aliphatic carbocycles. The summed E-state index contributed by atoms with van der Waals surface area (Å²) in [7, 11) is 7.04. The van der Waals surface area contributed by atoms with Crippen molar-refractivity contribution in [1.29, 1.82) is 0 Å². The number of phenolic OH excluding ortho intramolecular Hbond substituents is 1. The molecule has 1 heterocycles. The van der Waals surface area contributed by atoms with Gasteiger partial charge in [0.15, 0.2) is 17.1 Å². The van der Waals surface area contributed by atoms with Gasteiger partial charge in [0.25, 0.3) is 0 Å². The number of methoxy groups -OCH3 is 2. The van der Waals surface area contributed by atoms with Crippen molar-refractivity contribution in [2.75, 3.05) is 28.3 Å². The smallest absolute Gasteiger partial charge is 0.344 e. The van der Waals surface area contributed by atoms with Gasteiger partial charge < -0.3 is 23.9 Å². The third kappa shape index (κ3) is 3.23. The summed E-state index contributed by atoms with van der Waals surface area (Å²) in [6, 6.07) is 10.4. The third-order valence-corrected chi connectivity index (χ3v) is 4.21. The Labute approximate surface area is 151 Å². The number of hydrogen-bond donors (Lipinski definition) is 2. The van der Waals surface area contributed by atoms with Gasteiger partial charge >= 0.3 is 5.63 Å². The van der Waals surface area contributed by atoms with Crippen LogP contribution in [0.2, 0.25) is 0 Å². The van der Waals surface area contributed by atoms with Crippen molar-refractivity contribution in [2.45, 2.75) is 6.54 Å². The van der Waals surface area contributed by atoms with E-state index in [9.17, 15) is 9.90 Å². The highest BCUT2D eigenvalue weighted by atomic mass is 16.5. The van der Waals surface area contributed by atoms with E-state index in [0.717, 1.165) is 10.3 Å². The van der Waals surface area contributed by atoms with Gasteiger partial charge in [0, 0.05) is 5.39 Å². The number of ether oxygens (including phenoxy) is 2. The van der Waals surface area contributed by atoms with Crippen molar-refractivity contribution in [3.63, 3.8) is 0 Å². The molecule has 0 spiro atoms. The molecule has 26 heavy (non-hydrogen) atoms. The Bertz CT molecular complexity index is 1010. The molecule has 0 amide bonds. The summed E-state index contributed by atoms with van der Waals surface area (Å²) in [5.41, 5.74) is 1.67. The minimum absolute atomic E-state index is 0.126. The van der Waals surface area contributed by atoms with E-state index in [1.807, 2.05) is 14.1 Å². The minimum Gasteiger partial charge on any atom is -0.507 e. The number of phenols is 1. The van der Waals surface area contributed by atoms with E-state index in [1.54, 1.807) is 50.6 Å². The lowest BCUT2D eigenvalue weighted by Gasteiger charge is -2.12. The van der Waals surface area contributed by atoms with Gasteiger partial charge in [-0.05, 0) is 35.9 Å². The molecule has 0 saturated heterocycles. The maximum atomic E-state index is 12.6. The summed E-state index contributed by atoms with van der Waals surface area (Å²) >= 11 is 0. The van der Waals surface area contributed by atoms with Crippen molar-refractivity contribution < 1.29 is 23.9 Å². The van der Waals surface area contributed by atoms with E-state index in [-0.39, 0.29) is 5.75 Å². The number of aromatic hydroxyl groups is 1. The molecule has 6 nitrogen and oxygen atoms in total. The highest BCUT2D eigenvalue weighted by Crippen LogP contribution is 2.33. The van der Waals surface area contributed by atoms with Crippen LogP contribution in [0.1, 0.15) is 5.56 Å². The maximum absolute atomic E-state index is 12.6. The molecule has 0 unspecified atom stereocenters. The number of fused-ring (bicyclic) bond motifs is 1. The zero-order valence-corrected chi connectivity index (χ0v) is 15.3. The molecule has 0 aliphatic heterocycles. The van der Waals surface area contributed by atoms with Crippen LogP contribution in [0.5, 0.6) is 17.2 Å². The molecule has 0 bridgehead atoms. The standard InChI is InChI=1S/C20H21NO5/c1-21(2)11-15-16(22)7-5-13-9-14(20(23)26-19(13)15)12-6-8-17(24-3)18(10-12)25-4/h5-10,22H,11H2,1-4H3/p+1. The largest absolute Gasteiger partial charge is 0.507 e. The van der Waals surface area contributed by atoms with Crippen LogP contribution in [0, 0.1) is 0 Å². The molecule has 0 radical (unpaired) electrons. The lowest BCUT2D eigenvalue weighted by molar-refractivity contribution is -0.872. The fraction of sp³-hybridized carbons (Fsp3) is 0.250. The van der Waals surface area contributed by atoms with Gasteiger partial charge in [-0.1, -0.05) is 6.07 Å². The van der Waals surface area contributed by atoms with Gasteiger partial charge in [0.2, 0.25) is 0 Å². The van der Waals surface area contributed by atoms with Gasteiger partial charge in [0.1, 0.15) is 12.3 Å². The van der Waals surface area contributed by atoms with E-state index in [1.165, 1.54) is 0 Å². The highest BCUT2D eigenvalue weighted by molar-refractivity contribution is 5.86. The Hall–Kier alpha value is -2.99. The Morgan fingerprint density at radius 1 is 1.04 bits per heavy atom. The number of benzene rings is 2. The fourth-order valence-electron chi connectivity index (χ4n) is 2.96. The first kappa shape index (κ1) is 17.8. The SMILES string of the molecule is COc1ccc(-c2cc3ccc(O)c(C[NH+](C)C)c3oc2=O)cc1OC. The average Bonchev–Trinajstić information content (AvgIpc) is 2.63. The average molecular weight is 356 g/mol. The van der Waals surface area contributed by atoms with Crippen LogP contribution in [-0.4, -0.2) is 33.4 Å². The topological polar surface area (TPSA) is 73.3 Å². The second-order valence-corrected chi connectivity index (χ2v) is 6.38. The summed E-state index contributed by atoms with van der Waals surface area (Å²) in [5, 5.41) is 10.9. The molecule has 2 N–H and O–H groups in total. The van der Waals surface area contributed by atoms with Gasteiger partial charge in [-0.25, -0.2) is 4.79 Å². The van der Waals surface area contributed by atoms with Crippen LogP contribution in [0.3, 0.4) is 0 Å². The monoisotopic (exact) mass is 356 g/mol. The maximum Gasteiger partial charge on any atom is 0.344 e. The van der Waals surface area contributed by atoms with Crippen molar-refractivity contribution in [3.05, 3.63) is 52.4 Å². The molecule has 136 valence electrons. The van der Waals surface area contributed by atoms with Gasteiger partial charge in [-0.15, -0.1) is 0 Å². The van der Waals surface area contributed by atoms with Gasteiger partial charge in [-0.2, -0.15) is 0 Å². The normalized spacial score (nSPS) is 11.1. The highest BCUT2D eigenvalue weighted by Gasteiger charge is 2.16. The molecule has 6 heteroatoms. The molecule has 1 aromatic heterocycles. The van der Waals surface area contributed by atoms with E-state index in [0.29, 0.717) is 40.3 Å². The van der Waals surface area contributed by atoms with Crippen LogP contribution in [0.4, 0.5) is 0 Å². The van der Waals surface area contributed by atoms with E-state index in [4.69, 9.17) is 13.9 Å². The predicted molar refractivity (Wildman–Crippen MR) is 99.2 cm³/mol. The van der Waals surface area contributed by atoms with Crippen LogP contribution < -0.4 is 20.0 Å². The predicted octanol–water partition coefficient (Wildman–Crippen LogP) is 1.83. The van der Waals surface area contributed by atoms with Crippen molar-refractivity contribution in [3.8, 4) is 28.4 Å². The Morgan fingerprint density at radius 2 is 1.77 bits per heavy atom. The molecule has 0 saturated carbocycles. The second-order valence-electron chi connectivity index (χ2n) is 6.38. The van der Waals surface area contributed by atoms with Crippen molar-refractivity contribution >= 4 is 11.0 Å². The second kappa shape index (κ2) is 7.09. The van der Waals surface area contributed by atoms with E-state index < -0.39 is 5.63 Å². The Kier molecular flexibility index (Phi) is 4.86. The van der Waals surface area contributed by atoms with Gasteiger partial charge in [0.05, 0.1) is 39.4 Å². The fourth-order valence-corrected chi connectivity index (χ4v) is 2.96. The molecule has 0 aliphatic rings. The summed E-state index contributed by atoms with van der Waals surface area (Å²) < 4.78 is 16.1. The molecule has 2 aromatic carbocycles. The number of quaternary nitrogens is 1. The molecule has 0 fully saturated rings. The number of rotatable bonds is 5. The first-order valence-electron chi connectivity index (χ1n) is 8.24. The van der Waals surface area contributed by atoms with E-state index >= 15 is 0 Å². The molecule has 0 atom stereocenters. The van der Waals surface area contributed by atoms with Crippen LogP contribution in [0.15, 0.2) is 45.6 Å². The first-order valence-corrected chi connectivity index (χ1v) is 8.24. The quantitative estimate of drug-likeness (QED) is 0.683. The molecular formula is C20H22NO5+. The summed E-state index contributed by atoms with van der Waals surface area (Å²) in [6.07, 6.45) is 0. The molecule has 3 aromatic rings. The summed E-state index contributed by atoms with van der Waals surface area (Å²) in [5.74, 6) is 1.25. The van der Waals surface area contributed by atoms with Crippen molar-refractivity contribution in [1.82, 2.24) is 0 Å². The van der Waals surface area contributed by atoms with Crippen LogP contribution in [0.25, 0.3) is 22.1 Å². The van der Waals surface area contributed by atoms with E-state index in [2.05, 4.69) is 0 Å². The zero-order valence-electron chi connectivity index (χ0n) is 15.3. The minimum atomic E-state index is -0.467. The third-order valence-electron chi connectivity index (χ3n) is 4.21. The lowest BCUT2D eigenvalue weighted by Crippen LogP contribution is -3.04. The van der Waals surface area contributed by atoms with Crippen LogP contribution in [-0.2, 0) is 6.54 Å². The van der Waals surface area contributed by atoms with Crippen molar-refractivity contribution in [2.24, 2.45) is 0 Å². The molecule has 3 rings (SSSR count).